The van der Waals surface area contributed by atoms with E-state index in [1.54, 1.807) is 11.3 Å². The van der Waals surface area contributed by atoms with Crippen LogP contribution < -0.4 is 0 Å². The van der Waals surface area contributed by atoms with E-state index in [1.807, 2.05) is 18.7 Å². The normalized spacial score (nSPS) is 12.8. The zero-order valence-electron chi connectivity index (χ0n) is 11.9. The van der Waals surface area contributed by atoms with Crippen LogP contribution in [-0.2, 0) is 19.9 Å². The summed E-state index contributed by atoms with van der Waals surface area (Å²) in [7, 11) is 1.97. The lowest BCUT2D eigenvalue weighted by molar-refractivity contribution is 0.155. The molecule has 3 nitrogen and oxygen atoms in total. The summed E-state index contributed by atoms with van der Waals surface area (Å²) >= 11 is 1.72. The minimum absolute atomic E-state index is 0.223. The molecular weight excluding hydrogens is 256 g/mol. The molecule has 1 unspecified atom stereocenters. The molecule has 2 rings (SSSR count). The van der Waals surface area contributed by atoms with Gasteiger partial charge in [-0.15, -0.1) is 0 Å². The molecule has 19 heavy (non-hydrogen) atoms. The van der Waals surface area contributed by atoms with Crippen LogP contribution in [-0.4, -0.2) is 21.0 Å². The van der Waals surface area contributed by atoms with Crippen LogP contribution in [0, 0.1) is 13.8 Å². The lowest BCUT2D eigenvalue weighted by Gasteiger charge is -2.10. The van der Waals surface area contributed by atoms with Crippen molar-refractivity contribution >= 4 is 11.3 Å². The molecule has 0 spiro atoms. The number of nitrogens with zero attached hydrogens (tertiary/aromatic N) is 2. The SMILES string of the molecule is Cc1nn(C)c(C)c1CCC(O)CCc1ccsc1. The third-order valence-corrected chi connectivity index (χ3v) is 4.46. The first-order valence-corrected chi connectivity index (χ1v) is 7.70. The molecule has 2 aromatic heterocycles. The molecule has 0 radical (unpaired) electrons. The van der Waals surface area contributed by atoms with Gasteiger partial charge in [-0.1, -0.05) is 0 Å². The van der Waals surface area contributed by atoms with E-state index in [-0.39, 0.29) is 6.10 Å². The maximum atomic E-state index is 10.1. The number of thiophene rings is 1. The Morgan fingerprint density at radius 2 is 2.05 bits per heavy atom. The summed E-state index contributed by atoms with van der Waals surface area (Å²) in [6.45, 7) is 4.13. The van der Waals surface area contributed by atoms with E-state index in [1.165, 1.54) is 16.8 Å². The molecule has 2 heterocycles. The van der Waals surface area contributed by atoms with Crippen LogP contribution in [0.15, 0.2) is 16.8 Å². The average molecular weight is 278 g/mol. The van der Waals surface area contributed by atoms with E-state index in [0.29, 0.717) is 0 Å². The molecule has 0 aromatic carbocycles. The van der Waals surface area contributed by atoms with Gasteiger partial charge in [0.05, 0.1) is 11.8 Å². The molecule has 0 amide bonds. The quantitative estimate of drug-likeness (QED) is 0.882. The van der Waals surface area contributed by atoms with E-state index in [4.69, 9.17) is 0 Å². The number of aryl methyl sites for hydroxylation is 3. The lowest BCUT2D eigenvalue weighted by atomic mass is 10.0. The van der Waals surface area contributed by atoms with E-state index in [9.17, 15) is 5.11 Å². The highest BCUT2D eigenvalue weighted by molar-refractivity contribution is 7.07. The molecular formula is C15H22N2OS. The Balaban J connectivity index is 1.81. The lowest BCUT2D eigenvalue weighted by Crippen LogP contribution is -2.09. The highest BCUT2D eigenvalue weighted by atomic mass is 32.1. The number of hydrogen-bond acceptors (Lipinski definition) is 3. The second-order valence-corrected chi connectivity index (χ2v) is 5.92. The summed E-state index contributed by atoms with van der Waals surface area (Å²) in [5, 5.41) is 18.7. The van der Waals surface area contributed by atoms with Gasteiger partial charge >= 0.3 is 0 Å². The summed E-state index contributed by atoms with van der Waals surface area (Å²) < 4.78 is 1.92. The molecule has 2 aromatic rings. The highest BCUT2D eigenvalue weighted by Crippen LogP contribution is 2.17. The van der Waals surface area contributed by atoms with Crippen LogP contribution in [0.2, 0.25) is 0 Å². The monoisotopic (exact) mass is 278 g/mol. The first-order valence-electron chi connectivity index (χ1n) is 6.76. The maximum absolute atomic E-state index is 10.1. The van der Waals surface area contributed by atoms with Gasteiger partial charge in [0.1, 0.15) is 0 Å². The van der Waals surface area contributed by atoms with Crippen molar-refractivity contribution in [3.63, 3.8) is 0 Å². The van der Waals surface area contributed by atoms with Crippen molar-refractivity contribution in [1.82, 2.24) is 9.78 Å². The zero-order chi connectivity index (χ0) is 13.8. The Morgan fingerprint density at radius 3 is 2.63 bits per heavy atom. The number of aliphatic hydroxyl groups excluding tert-OH is 1. The largest absolute Gasteiger partial charge is 0.393 e. The third-order valence-electron chi connectivity index (χ3n) is 3.73. The zero-order valence-corrected chi connectivity index (χ0v) is 12.7. The van der Waals surface area contributed by atoms with Gasteiger partial charge in [0.25, 0.3) is 0 Å². The van der Waals surface area contributed by atoms with Gasteiger partial charge < -0.3 is 5.11 Å². The van der Waals surface area contributed by atoms with Crippen molar-refractivity contribution in [3.05, 3.63) is 39.3 Å². The van der Waals surface area contributed by atoms with Gasteiger partial charge in [-0.25, -0.2) is 0 Å². The molecule has 0 fully saturated rings. The topological polar surface area (TPSA) is 38.0 Å². The van der Waals surface area contributed by atoms with Crippen molar-refractivity contribution < 1.29 is 5.11 Å². The summed E-state index contributed by atoms with van der Waals surface area (Å²) in [6, 6.07) is 2.13. The van der Waals surface area contributed by atoms with Crippen LogP contribution in [0.25, 0.3) is 0 Å². The van der Waals surface area contributed by atoms with Crippen molar-refractivity contribution in [2.24, 2.45) is 7.05 Å². The smallest absolute Gasteiger partial charge is 0.0628 e. The molecule has 1 atom stereocenters. The first kappa shape index (κ1) is 14.3. The van der Waals surface area contributed by atoms with Gasteiger partial charge in [-0.05, 0) is 67.5 Å². The molecule has 104 valence electrons. The Hall–Kier alpha value is -1.13. The van der Waals surface area contributed by atoms with Gasteiger partial charge in [0.2, 0.25) is 0 Å². The number of aromatic nitrogens is 2. The second kappa shape index (κ2) is 6.35. The number of rotatable bonds is 6. The van der Waals surface area contributed by atoms with Gasteiger partial charge in [-0.2, -0.15) is 16.4 Å². The molecule has 0 aliphatic carbocycles. The van der Waals surface area contributed by atoms with Gasteiger partial charge in [-0.3, -0.25) is 4.68 Å². The Bertz CT molecular complexity index is 516. The summed E-state index contributed by atoms with van der Waals surface area (Å²) in [4.78, 5) is 0. The van der Waals surface area contributed by atoms with E-state index < -0.39 is 0 Å². The minimum Gasteiger partial charge on any atom is -0.393 e. The molecule has 0 saturated heterocycles. The van der Waals surface area contributed by atoms with E-state index in [2.05, 4.69) is 28.8 Å². The molecule has 0 saturated carbocycles. The van der Waals surface area contributed by atoms with Crippen molar-refractivity contribution in [3.8, 4) is 0 Å². The molecule has 4 heteroatoms. The third kappa shape index (κ3) is 3.67. The minimum atomic E-state index is -0.223. The van der Waals surface area contributed by atoms with Crippen molar-refractivity contribution in [2.45, 2.75) is 45.6 Å². The van der Waals surface area contributed by atoms with Crippen LogP contribution in [0.4, 0.5) is 0 Å². The average Bonchev–Trinajstić information content (AvgIpc) is 2.96. The summed E-state index contributed by atoms with van der Waals surface area (Å²) in [5.41, 5.74) is 4.92. The first-order chi connectivity index (χ1) is 9.08. The fraction of sp³-hybridized carbons (Fsp3) is 0.533. The second-order valence-electron chi connectivity index (χ2n) is 5.14. The fourth-order valence-corrected chi connectivity index (χ4v) is 3.11. The summed E-state index contributed by atoms with van der Waals surface area (Å²) in [5.74, 6) is 0. The maximum Gasteiger partial charge on any atom is 0.0628 e. The van der Waals surface area contributed by atoms with Crippen molar-refractivity contribution in [1.29, 1.82) is 0 Å². The number of aliphatic hydroxyl groups is 1. The predicted molar refractivity (Wildman–Crippen MR) is 79.6 cm³/mol. The van der Waals surface area contributed by atoms with Crippen LogP contribution in [0.3, 0.4) is 0 Å². The van der Waals surface area contributed by atoms with Crippen LogP contribution in [0.1, 0.15) is 35.4 Å². The Labute approximate surface area is 118 Å². The molecule has 1 N–H and O–H groups in total. The van der Waals surface area contributed by atoms with Crippen LogP contribution in [0.5, 0.6) is 0 Å². The highest BCUT2D eigenvalue weighted by Gasteiger charge is 2.12. The van der Waals surface area contributed by atoms with E-state index >= 15 is 0 Å². The Kier molecular flexibility index (Phi) is 4.77. The molecule has 0 bridgehead atoms. The van der Waals surface area contributed by atoms with Crippen LogP contribution >= 0.6 is 11.3 Å². The standard InChI is InChI=1S/C15H22N2OS/c1-11-15(12(2)17(3)16-11)7-6-14(18)5-4-13-8-9-19-10-13/h8-10,14,18H,4-7H2,1-3H3. The van der Waals surface area contributed by atoms with Gasteiger partial charge in [0, 0.05) is 12.7 Å². The van der Waals surface area contributed by atoms with Crippen molar-refractivity contribution in [2.75, 3.05) is 0 Å². The summed E-state index contributed by atoms with van der Waals surface area (Å²) in [6.07, 6.45) is 3.32. The molecule has 0 aliphatic heterocycles. The van der Waals surface area contributed by atoms with E-state index in [0.717, 1.165) is 31.4 Å². The number of hydrogen-bond donors (Lipinski definition) is 1. The fourth-order valence-electron chi connectivity index (χ4n) is 2.40. The Morgan fingerprint density at radius 1 is 1.32 bits per heavy atom. The van der Waals surface area contributed by atoms with Gasteiger partial charge in [0.15, 0.2) is 0 Å². The predicted octanol–water partition coefficient (Wildman–Crippen LogP) is 3.02. The molecule has 0 aliphatic rings.